The van der Waals surface area contributed by atoms with E-state index in [1.807, 2.05) is 24.4 Å². The number of nitrogens with one attached hydrogen (secondary N) is 1. The molecule has 1 aromatic carbocycles. The Balaban J connectivity index is 1.40. The summed E-state index contributed by atoms with van der Waals surface area (Å²) in [7, 11) is 0. The van der Waals surface area contributed by atoms with Crippen molar-refractivity contribution in [3.8, 4) is 0 Å². The zero-order chi connectivity index (χ0) is 18.9. The molecule has 1 atom stereocenters. The zero-order valence-corrected chi connectivity index (χ0v) is 15.9. The van der Waals surface area contributed by atoms with Crippen LogP contribution < -0.4 is 14.7 Å². The number of rotatable bonds is 4. The third-order valence-electron chi connectivity index (χ3n) is 5.91. The fraction of sp³-hybridized carbons (Fsp3) is 0.364. The van der Waals surface area contributed by atoms with Crippen LogP contribution in [0.1, 0.15) is 12.8 Å². The van der Waals surface area contributed by atoms with Crippen LogP contribution in [0, 0.1) is 0 Å². The Morgan fingerprint density at radius 3 is 2.68 bits per heavy atom. The second-order valence-corrected chi connectivity index (χ2v) is 7.62. The SMILES string of the molecule is O=CC1CN(c2ncccc2N2CCCC2)CCN1c1cc2ccccc2[nH]1. The van der Waals surface area contributed by atoms with Crippen molar-refractivity contribution in [2.75, 3.05) is 47.4 Å². The lowest BCUT2D eigenvalue weighted by molar-refractivity contribution is -0.109. The Hall–Kier alpha value is -3.02. The molecule has 0 bridgehead atoms. The largest absolute Gasteiger partial charge is 0.369 e. The summed E-state index contributed by atoms with van der Waals surface area (Å²) in [4.78, 5) is 27.0. The third-order valence-corrected chi connectivity index (χ3v) is 5.91. The minimum atomic E-state index is -0.199. The van der Waals surface area contributed by atoms with Gasteiger partial charge in [0.05, 0.1) is 5.69 Å². The Kier molecular flexibility index (Phi) is 4.39. The molecule has 1 unspecified atom stereocenters. The number of aromatic nitrogens is 2. The Labute approximate surface area is 164 Å². The number of hydrogen-bond donors (Lipinski definition) is 1. The molecular formula is C22H25N5O. The molecule has 0 radical (unpaired) electrons. The normalized spacial score (nSPS) is 20.1. The number of benzene rings is 1. The molecule has 0 aliphatic carbocycles. The van der Waals surface area contributed by atoms with Crippen LogP contribution in [-0.2, 0) is 4.79 Å². The highest BCUT2D eigenvalue weighted by atomic mass is 16.1. The van der Waals surface area contributed by atoms with Crippen LogP contribution in [0.4, 0.5) is 17.3 Å². The predicted octanol–water partition coefficient (Wildman–Crippen LogP) is 3.06. The first-order valence-electron chi connectivity index (χ1n) is 10.1. The van der Waals surface area contributed by atoms with Gasteiger partial charge in [-0.25, -0.2) is 4.98 Å². The van der Waals surface area contributed by atoms with Crippen LogP contribution in [-0.4, -0.2) is 55.0 Å². The van der Waals surface area contributed by atoms with Crippen molar-refractivity contribution < 1.29 is 4.79 Å². The smallest absolute Gasteiger partial charge is 0.152 e. The molecule has 2 aromatic heterocycles. The average molecular weight is 375 g/mol. The van der Waals surface area contributed by atoms with Gasteiger partial charge in [0.25, 0.3) is 0 Å². The molecule has 2 fully saturated rings. The van der Waals surface area contributed by atoms with E-state index < -0.39 is 0 Å². The first-order valence-corrected chi connectivity index (χ1v) is 10.1. The third kappa shape index (κ3) is 2.99. The van der Waals surface area contributed by atoms with Crippen LogP contribution in [0.25, 0.3) is 10.9 Å². The highest BCUT2D eigenvalue weighted by molar-refractivity contribution is 5.85. The Bertz CT molecular complexity index is 945. The van der Waals surface area contributed by atoms with Crippen LogP contribution in [0.5, 0.6) is 0 Å². The molecule has 6 nitrogen and oxygen atoms in total. The summed E-state index contributed by atoms with van der Waals surface area (Å²) in [5.41, 5.74) is 2.30. The maximum absolute atomic E-state index is 12.0. The molecule has 144 valence electrons. The first-order chi connectivity index (χ1) is 13.8. The number of carbonyl (C=O) groups excluding carboxylic acids is 1. The van der Waals surface area contributed by atoms with Crippen molar-refractivity contribution in [2.45, 2.75) is 18.9 Å². The minimum Gasteiger partial charge on any atom is -0.369 e. The molecule has 0 saturated carbocycles. The van der Waals surface area contributed by atoms with Crippen molar-refractivity contribution in [1.29, 1.82) is 0 Å². The lowest BCUT2D eigenvalue weighted by Gasteiger charge is -2.41. The number of H-pyrrole nitrogens is 1. The number of anilines is 3. The summed E-state index contributed by atoms with van der Waals surface area (Å²) in [6.07, 6.45) is 5.39. The Morgan fingerprint density at radius 2 is 1.86 bits per heavy atom. The lowest BCUT2D eigenvalue weighted by Crippen LogP contribution is -2.54. The van der Waals surface area contributed by atoms with Crippen LogP contribution in [0.15, 0.2) is 48.7 Å². The van der Waals surface area contributed by atoms with Crippen molar-refractivity contribution in [3.63, 3.8) is 0 Å². The van der Waals surface area contributed by atoms with E-state index in [0.717, 1.165) is 49.6 Å². The molecule has 5 rings (SSSR count). The van der Waals surface area contributed by atoms with Gasteiger partial charge in [-0.1, -0.05) is 18.2 Å². The zero-order valence-electron chi connectivity index (χ0n) is 15.9. The summed E-state index contributed by atoms with van der Waals surface area (Å²) in [5, 5.41) is 1.17. The van der Waals surface area contributed by atoms with Crippen molar-refractivity contribution in [2.24, 2.45) is 0 Å². The van der Waals surface area contributed by atoms with Crippen LogP contribution >= 0.6 is 0 Å². The van der Waals surface area contributed by atoms with Gasteiger partial charge in [-0.15, -0.1) is 0 Å². The molecule has 0 spiro atoms. The van der Waals surface area contributed by atoms with E-state index in [0.29, 0.717) is 6.54 Å². The highest BCUT2D eigenvalue weighted by Gasteiger charge is 2.30. The van der Waals surface area contributed by atoms with Gasteiger partial charge in [-0.05, 0) is 37.1 Å². The number of nitrogens with zero attached hydrogens (tertiary/aromatic N) is 4. The number of aldehydes is 1. The maximum Gasteiger partial charge on any atom is 0.152 e. The molecule has 2 saturated heterocycles. The lowest BCUT2D eigenvalue weighted by atomic mass is 10.1. The average Bonchev–Trinajstić information content (AvgIpc) is 3.43. The monoisotopic (exact) mass is 375 g/mol. The molecule has 6 heteroatoms. The molecule has 4 heterocycles. The summed E-state index contributed by atoms with van der Waals surface area (Å²) < 4.78 is 0. The van der Waals surface area contributed by atoms with Crippen LogP contribution in [0.2, 0.25) is 0 Å². The number of fused-ring (bicyclic) bond motifs is 1. The van der Waals surface area contributed by atoms with Crippen molar-refractivity contribution in [3.05, 3.63) is 48.7 Å². The molecule has 1 N–H and O–H groups in total. The van der Waals surface area contributed by atoms with Gasteiger partial charge in [-0.2, -0.15) is 0 Å². The van der Waals surface area contributed by atoms with E-state index in [1.54, 1.807) is 0 Å². The number of piperazine rings is 1. The molecule has 3 aromatic rings. The fourth-order valence-electron chi connectivity index (χ4n) is 4.47. The summed E-state index contributed by atoms with van der Waals surface area (Å²) in [6.45, 7) is 4.45. The first kappa shape index (κ1) is 17.1. The summed E-state index contributed by atoms with van der Waals surface area (Å²) >= 11 is 0. The van der Waals surface area contributed by atoms with E-state index in [4.69, 9.17) is 4.98 Å². The van der Waals surface area contributed by atoms with Crippen LogP contribution in [0.3, 0.4) is 0 Å². The molecule has 28 heavy (non-hydrogen) atoms. The van der Waals surface area contributed by atoms with Crippen molar-refractivity contribution >= 4 is 34.5 Å². The molecular weight excluding hydrogens is 350 g/mol. The Morgan fingerprint density at radius 1 is 1.00 bits per heavy atom. The van der Waals surface area contributed by atoms with E-state index in [-0.39, 0.29) is 6.04 Å². The van der Waals surface area contributed by atoms with E-state index in [2.05, 4.69) is 43.9 Å². The second kappa shape index (κ2) is 7.19. The standard InChI is InChI=1S/C22H25N5O/c28-16-18-15-26(22-20(8-5-9-23-22)25-10-3-4-11-25)12-13-27(18)21-14-17-6-1-2-7-19(17)24-21/h1-2,5-9,14,16,18,24H,3-4,10-13,15H2. The van der Waals surface area contributed by atoms with Gasteiger partial charge in [0.2, 0.25) is 0 Å². The van der Waals surface area contributed by atoms with E-state index >= 15 is 0 Å². The molecule has 2 aliphatic heterocycles. The van der Waals surface area contributed by atoms with Gasteiger partial charge in [0.15, 0.2) is 5.82 Å². The maximum atomic E-state index is 12.0. The predicted molar refractivity (Wildman–Crippen MR) is 113 cm³/mol. The van der Waals surface area contributed by atoms with Gasteiger partial charge in [0.1, 0.15) is 18.1 Å². The van der Waals surface area contributed by atoms with Crippen molar-refractivity contribution in [1.82, 2.24) is 9.97 Å². The minimum absolute atomic E-state index is 0.199. The number of aromatic amines is 1. The number of carbonyl (C=O) groups is 1. The van der Waals surface area contributed by atoms with E-state index in [1.165, 1.54) is 23.9 Å². The topological polar surface area (TPSA) is 55.5 Å². The van der Waals surface area contributed by atoms with Gasteiger partial charge in [-0.3, -0.25) is 0 Å². The van der Waals surface area contributed by atoms with Gasteiger partial charge >= 0.3 is 0 Å². The molecule has 0 amide bonds. The quantitative estimate of drug-likeness (QED) is 0.711. The van der Waals surface area contributed by atoms with Gasteiger partial charge in [0, 0.05) is 49.8 Å². The molecule has 2 aliphatic rings. The number of para-hydroxylation sites is 1. The second-order valence-electron chi connectivity index (χ2n) is 7.62. The number of hydrogen-bond acceptors (Lipinski definition) is 5. The fourth-order valence-corrected chi connectivity index (χ4v) is 4.47. The highest BCUT2D eigenvalue weighted by Crippen LogP contribution is 2.32. The summed E-state index contributed by atoms with van der Waals surface area (Å²) in [6, 6.07) is 14.3. The van der Waals surface area contributed by atoms with Gasteiger partial charge < -0.3 is 24.5 Å². The number of pyridine rings is 1. The summed E-state index contributed by atoms with van der Waals surface area (Å²) in [5.74, 6) is 2.02. The van der Waals surface area contributed by atoms with E-state index in [9.17, 15) is 4.79 Å².